The van der Waals surface area contributed by atoms with E-state index in [2.05, 4.69) is 10.1 Å². The molecular formula is C11H14N4O. The Morgan fingerprint density at radius 2 is 2.25 bits per heavy atom. The highest BCUT2D eigenvalue weighted by molar-refractivity contribution is 5.95. The van der Waals surface area contributed by atoms with E-state index in [1.807, 2.05) is 17.7 Å². The van der Waals surface area contributed by atoms with E-state index in [1.54, 1.807) is 30.2 Å². The fourth-order valence-corrected chi connectivity index (χ4v) is 1.68. The summed E-state index contributed by atoms with van der Waals surface area (Å²) >= 11 is 0. The van der Waals surface area contributed by atoms with Gasteiger partial charge in [-0.15, -0.1) is 0 Å². The van der Waals surface area contributed by atoms with Crippen LogP contribution in [0.1, 0.15) is 23.2 Å². The average molecular weight is 218 g/mol. The van der Waals surface area contributed by atoms with Crippen molar-refractivity contribution in [1.29, 1.82) is 0 Å². The van der Waals surface area contributed by atoms with Gasteiger partial charge in [0.1, 0.15) is 11.5 Å². The smallest absolute Gasteiger partial charge is 0.188 e. The van der Waals surface area contributed by atoms with Crippen molar-refractivity contribution < 1.29 is 4.79 Å². The number of carbonyl (C=O) groups is 1. The normalized spacial score (nSPS) is 10.6. The number of carbonyl (C=O) groups excluding carboxylic acids is 1. The number of Topliss-reactive ketones (excluding diaryl/α,β-unsaturated/α-hetero) is 1. The minimum atomic E-state index is 0.0425. The highest BCUT2D eigenvalue weighted by Gasteiger charge is 2.13. The third-order valence-corrected chi connectivity index (χ3v) is 2.57. The SMILES string of the molecule is CCn1ccnc1CC(=O)c1ccnn1C. The van der Waals surface area contributed by atoms with Gasteiger partial charge in [-0.05, 0) is 13.0 Å². The van der Waals surface area contributed by atoms with Gasteiger partial charge in [0.15, 0.2) is 5.78 Å². The fraction of sp³-hybridized carbons (Fsp3) is 0.364. The first-order valence-corrected chi connectivity index (χ1v) is 5.23. The molecule has 0 saturated carbocycles. The molecule has 0 fully saturated rings. The zero-order chi connectivity index (χ0) is 11.5. The molecule has 0 aliphatic rings. The molecule has 84 valence electrons. The lowest BCUT2D eigenvalue weighted by Crippen LogP contribution is -2.13. The van der Waals surface area contributed by atoms with Crippen molar-refractivity contribution in [3.05, 3.63) is 36.2 Å². The van der Waals surface area contributed by atoms with Gasteiger partial charge in [0.2, 0.25) is 0 Å². The predicted molar refractivity (Wildman–Crippen MR) is 59.1 cm³/mol. The summed E-state index contributed by atoms with van der Waals surface area (Å²) < 4.78 is 3.55. The molecule has 2 aromatic rings. The van der Waals surface area contributed by atoms with Crippen LogP contribution in [-0.2, 0) is 20.0 Å². The molecule has 2 heterocycles. The fourth-order valence-electron chi connectivity index (χ4n) is 1.68. The maximum atomic E-state index is 11.9. The molecule has 5 nitrogen and oxygen atoms in total. The Morgan fingerprint density at radius 3 is 2.88 bits per heavy atom. The topological polar surface area (TPSA) is 52.7 Å². The molecule has 0 saturated heterocycles. The van der Waals surface area contributed by atoms with Crippen molar-refractivity contribution in [3.8, 4) is 0 Å². The molecule has 0 aromatic carbocycles. The van der Waals surface area contributed by atoms with Crippen molar-refractivity contribution in [2.24, 2.45) is 7.05 Å². The molecule has 2 rings (SSSR count). The number of nitrogens with zero attached hydrogens (tertiary/aromatic N) is 4. The summed E-state index contributed by atoms with van der Waals surface area (Å²) in [6.07, 6.45) is 5.54. The molecule has 2 aromatic heterocycles. The van der Waals surface area contributed by atoms with E-state index in [-0.39, 0.29) is 5.78 Å². The lowest BCUT2D eigenvalue weighted by molar-refractivity contribution is 0.0981. The van der Waals surface area contributed by atoms with E-state index in [4.69, 9.17) is 0 Å². The number of hydrogen-bond donors (Lipinski definition) is 0. The van der Waals surface area contributed by atoms with Gasteiger partial charge in [0.25, 0.3) is 0 Å². The van der Waals surface area contributed by atoms with Crippen molar-refractivity contribution in [2.75, 3.05) is 0 Å². The summed E-state index contributed by atoms with van der Waals surface area (Å²) in [4.78, 5) is 16.1. The summed E-state index contributed by atoms with van der Waals surface area (Å²) in [6, 6.07) is 1.72. The van der Waals surface area contributed by atoms with Crippen LogP contribution in [0.5, 0.6) is 0 Å². The van der Waals surface area contributed by atoms with Crippen LogP contribution in [0, 0.1) is 0 Å². The zero-order valence-electron chi connectivity index (χ0n) is 9.42. The number of ketones is 1. The second-order valence-electron chi connectivity index (χ2n) is 3.57. The Kier molecular flexibility index (Phi) is 2.85. The number of rotatable bonds is 4. The largest absolute Gasteiger partial charge is 0.335 e. The van der Waals surface area contributed by atoms with E-state index in [0.717, 1.165) is 12.4 Å². The summed E-state index contributed by atoms with van der Waals surface area (Å²) in [7, 11) is 1.76. The van der Waals surface area contributed by atoms with Gasteiger partial charge in [-0.3, -0.25) is 9.48 Å². The number of aryl methyl sites for hydroxylation is 2. The minimum absolute atomic E-state index is 0.0425. The van der Waals surface area contributed by atoms with E-state index >= 15 is 0 Å². The van der Waals surface area contributed by atoms with Crippen LogP contribution >= 0.6 is 0 Å². The van der Waals surface area contributed by atoms with Gasteiger partial charge >= 0.3 is 0 Å². The second kappa shape index (κ2) is 4.30. The summed E-state index contributed by atoms with van der Waals surface area (Å²) in [6.45, 7) is 2.85. The van der Waals surface area contributed by atoms with Crippen LogP contribution < -0.4 is 0 Å². The number of imidazole rings is 1. The van der Waals surface area contributed by atoms with Crippen molar-refractivity contribution in [3.63, 3.8) is 0 Å². The first-order valence-electron chi connectivity index (χ1n) is 5.23. The van der Waals surface area contributed by atoms with E-state index in [0.29, 0.717) is 12.1 Å². The van der Waals surface area contributed by atoms with Crippen molar-refractivity contribution in [1.82, 2.24) is 19.3 Å². The molecule has 0 aliphatic carbocycles. The van der Waals surface area contributed by atoms with Gasteiger partial charge in [-0.2, -0.15) is 5.10 Å². The molecule has 0 aliphatic heterocycles. The molecule has 5 heteroatoms. The molecule has 16 heavy (non-hydrogen) atoms. The molecule has 0 amide bonds. The van der Waals surface area contributed by atoms with E-state index in [1.165, 1.54) is 0 Å². The highest BCUT2D eigenvalue weighted by atomic mass is 16.1. The lowest BCUT2D eigenvalue weighted by Gasteiger charge is -2.04. The molecule has 0 unspecified atom stereocenters. The average Bonchev–Trinajstić information content (AvgIpc) is 2.86. The van der Waals surface area contributed by atoms with Gasteiger partial charge < -0.3 is 4.57 Å². The Labute approximate surface area is 93.7 Å². The predicted octanol–water partition coefficient (Wildman–Crippen LogP) is 1.06. The van der Waals surface area contributed by atoms with Crippen LogP contribution in [0.15, 0.2) is 24.7 Å². The van der Waals surface area contributed by atoms with E-state index < -0.39 is 0 Å². The Morgan fingerprint density at radius 1 is 1.44 bits per heavy atom. The lowest BCUT2D eigenvalue weighted by atomic mass is 10.2. The molecule has 0 spiro atoms. The molecule has 0 atom stereocenters. The van der Waals surface area contributed by atoms with Crippen LogP contribution in [0.2, 0.25) is 0 Å². The van der Waals surface area contributed by atoms with Crippen LogP contribution in [0.3, 0.4) is 0 Å². The molecule has 0 N–H and O–H groups in total. The van der Waals surface area contributed by atoms with Gasteiger partial charge in [-0.1, -0.05) is 0 Å². The minimum Gasteiger partial charge on any atom is -0.335 e. The van der Waals surface area contributed by atoms with Gasteiger partial charge in [0.05, 0.1) is 6.42 Å². The number of aromatic nitrogens is 4. The molecule has 0 bridgehead atoms. The van der Waals surface area contributed by atoms with Crippen molar-refractivity contribution >= 4 is 5.78 Å². The van der Waals surface area contributed by atoms with Crippen LogP contribution in [0.25, 0.3) is 0 Å². The maximum Gasteiger partial charge on any atom is 0.188 e. The third kappa shape index (κ3) is 1.88. The highest BCUT2D eigenvalue weighted by Crippen LogP contribution is 2.05. The molecular weight excluding hydrogens is 204 g/mol. The van der Waals surface area contributed by atoms with Gasteiger partial charge in [0, 0.05) is 32.2 Å². The zero-order valence-corrected chi connectivity index (χ0v) is 9.42. The van der Waals surface area contributed by atoms with E-state index in [9.17, 15) is 4.79 Å². The maximum absolute atomic E-state index is 11.9. The van der Waals surface area contributed by atoms with Crippen molar-refractivity contribution in [2.45, 2.75) is 19.9 Å². The number of hydrogen-bond acceptors (Lipinski definition) is 3. The van der Waals surface area contributed by atoms with Crippen LogP contribution in [0.4, 0.5) is 0 Å². The van der Waals surface area contributed by atoms with Gasteiger partial charge in [-0.25, -0.2) is 4.98 Å². The summed E-state index contributed by atoms with van der Waals surface area (Å²) in [5, 5.41) is 3.98. The van der Waals surface area contributed by atoms with Crippen LogP contribution in [-0.4, -0.2) is 25.1 Å². The monoisotopic (exact) mass is 218 g/mol. The third-order valence-electron chi connectivity index (χ3n) is 2.57. The first kappa shape index (κ1) is 10.6. The molecule has 0 radical (unpaired) electrons. The second-order valence-corrected chi connectivity index (χ2v) is 3.57. The standard InChI is InChI=1S/C11H14N4O/c1-3-15-7-6-12-11(15)8-10(16)9-4-5-13-14(9)2/h4-7H,3,8H2,1-2H3. The Bertz CT molecular complexity index is 498. The Hall–Kier alpha value is -1.91. The Balaban J connectivity index is 2.17. The first-order chi connectivity index (χ1) is 7.72. The summed E-state index contributed by atoms with van der Waals surface area (Å²) in [5.41, 5.74) is 0.616. The summed E-state index contributed by atoms with van der Waals surface area (Å²) in [5.74, 6) is 0.842. The quantitative estimate of drug-likeness (QED) is 0.721.